The summed E-state index contributed by atoms with van der Waals surface area (Å²) in [4.78, 5) is 14.9. The van der Waals surface area contributed by atoms with E-state index in [1.807, 2.05) is 30.3 Å². The van der Waals surface area contributed by atoms with Crippen LogP contribution < -0.4 is 0 Å². The van der Waals surface area contributed by atoms with Crippen LogP contribution in [0, 0.1) is 0 Å². The van der Waals surface area contributed by atoms with Crippen LogP contribution in [0.2, 0.25) is 0 Å². The van der Waals surface area contributed by atoms with E-state index in [-0.39, 0.29) is 27.4 Å². The van der Waals surface area contributed by atoms with Gasteiger partial charge in [0.05, 0.1) is 27.8 Å². The molecule has 0 saturated carbocycles. The molecule has 6 aromatic carbocycles. The highest BCUT2D eigenvalue weighted by atomic mass is 16.1. The summed E-state index contributed by atoms with van der Waals surface area (Å²) in [7, 11) is 0. The van der Waals surface area contributed by atoms with Crippen LogP contribution in [0.25, 0.3) is 55.0 Å². The lowest BCUT2D eigenvalue weighted by Crippen LogP contribution is -2.11. The fourth-order valence-electron chi connectivity index (χ4n) is 8.24. The van der Waals surface area contributed by atoms with E-state index in [1.165, 1.54) is 43.8 Å². The minimum atomic E-state index is -0.00998. The summed E-state index contributed by atoms with van der Waals surface area (Å²) in [5.74, 6) is 0.000813. The van der Waals surface area contributed by atoms with Gasteiger partial charge in [-0.1, -0.05) is 138 Å². The van der Waals surface area contributed by atoms with Crippen LogP contribution in [0.5, 0.6) is 0 Å². The molecule has 0 saturated heterocycles. The second-order valence-electron chi connectivity index (χ2n) is 20.0. The number of aromatic nitrogens is 2. The van der Waals surface area contributed by atoms with Crippen LogP contribution in [0.15, 0.2) is 121 Å². The predicted molar refractivity (Wildman–Crippen MR) is 240 cm³/mol. The smallest absolute Gasteiger partial charge is 0.195 e. The minimum absolute atomic E-state index is 0.000813. The Kier molecular flexibility index (Phi) is 8.58. The summed E-state index contributed by atoms with van der Waals surface area (Å²) >= 11 is 0. The van der Waals surface area contributed by atoms with Gasteiger partial charge in [-0.2, -0.15) is 0 Å². The Balaban J connectivity index is 1.45. The molecule has 8 aromatic rings. The first kappa shape index (κ1) is 37.5. The summed E-state index contributed by atoms with van der Waals surface area (Å²) < 4.78 is 4.67. The molecule has 0 bridgehead atoms. The Hall–Kier alpha value is -5.41. The molecule has 0 unspecified atom stereocenters. The van der Waals surface area contributed by atoms with Crippen molar-refractivity contribution in [2.24, 2.45) is 0 Å². The second kappa shape index (κ2) is 12.8. The number of hydrogen-bond donors (Lipinski definition) is 0. The van der Waals surface area contributed by atoms with Crippen molar-refractivity contribution in [3.8, 4) is 11.4 Å². The standard InChI is InChI=1S/C53H56N2O/c1-50(2,3)34-18-23-44-39(28-34)40-29-35(51(4,5)6)19-24-45(40)54(44)38-22-27-48(43(32-38)49(56)33-16-14-13-15-17-33)55-46-25-20-36(52(7,8)9)30-41(46)42-31-37(53(10,11)12)21-26-47(42)55/h13-32H,1-12H3. The maximum atomic E-state index is 14.9. The first-order valence-electron chi connectivity index (χ1n) is 20.1. The molecular weight excluding hydrogens is 681 g/mol. The van der Waals surface area contributed by atoms with Gasteiger partial charge in [0.15, 0.2) is 5.78 Å². The van der Waals surface area contributed by atoms with E-state index in [1.54, 1.807) is 0 Å². The summed E-state index contributed by atoms with van der Waals surface area (Å²) in [6.45, 7) is 27.3. The molecule has 3 heteroatoms. The normalized spacial score (nSPS) is 13.1. The van der Waals surface area contributed by atoms with Gasteiger partial charge in [0.1, 0.15) is 0 Å². The Morgan fingerprint density at radius 1 is 0.393 bits per heavy atom. The maximum Gasteiger partial charge on any atom is 0.195 e. The molecule has 0 aliphatic carbocycles. The molecular formula is C53H56N2O. The number of nitrogens with zero attached hydrogens (tertiary/aromatic N) is 2. The van der Waals surface area contributed by atoms with Crippen molar-refractivity contribution >= 4 is 49.4 Å². The summed E-state index contributed by atoms with van der Waals surface area (Å²) in [5, 5.41) is 4.86. The molecule has 0 fully saturated rings. The number of benzene rings is 6. The van der Waals surface area contributed by atoms with Crippen molar-refractivity contribution < 1.29 is 4.79 Å². The van der Waals surface area contributed by atoms with Crippen LogP contribution >= 0.6 is 0 Å². The Morgan fingerprint density at radius 3 is 1.11 bits per heavy atom. The van der Waals surface area contributed by atoms with Crippen molar-refractivity contribution in [1.29, 1.82) is 0 Å². The Labute approximate surface area is 333 Å². The van der Waals surface area contributed by atoms with Crippen LogP contribution in [0.1, 0.15) is 121 Å². The first-order valence-corrected chi connectivity index (χ1v) is 20.1. The number of ketones is 1. The number of carbonyl (C=O) groups is 1. The van der Waals surface area contributed by atoms with E-state index in [0.717, 1.165) is 33.4 Å². The zero-order valence-corrected chi connectivity index (χ0v) is 35.3. The molecule has 0 aliphatic heterocycles. The molecule has 8 rings (SSSR count). The molecule has 3 nitrogen and oxygen atoms in total. The van der Waals surface area contributed by atoms with E-state index in [4.69, 9.17) is 0 Å². The molecule has 0 spiro atoms. The topological polar surface area (TPSA) is 26.9 Å². The van der Waals surface area contributed by atoms with Gasteiger partial charge in [0.25, 0.3) is 0 Å². The number of fused-ring (bicyclic) bond motifs is 6. The summed E-state index contributed by atoms with van der Waals surface area (Å²) in [6.07, 6.45) is 0. The van der Waals surface area contributed by atoms with Crippen LogP contribution in [0.4, 0.5) is 0 Å². The molecule has 2 aromatic heterocycles. The second-order valence-corrected chi connectivity index (χ2v) is 20.0. The maximum absolute atomic E-state index is 14.9. The van der Waals surface area contributed by atoms with Gasteiger partial charge in [-0.15, -0.1) is 0 Å². The fourth-order valence-corrected chi connectivity index (χ4v) is 8.24. The van der Waals surface area contributed by atoms with E-state index >= 15 is 0 Å². The van der Waals surface area contributed by atoms with Gasteiger partial charge in [0, 0.05) is 38.4 Å². The molecule has 0 aliphatic rings. The third kappa shape index (κ3) is 6.36. The van der Waals surface area contributed by atoms with Gasteiger partial charge in [0.2, 0.25) is 0 Å². The van der Waals surface area contributed by atoms with Gasteiger partial charge in [-0.3, -0.25) is 4.79 Å². The van der Waals surface area contributed by atoms with Gasteiger partial charge in [-0.25, -0.2) is 0 Å². The molecule has 2 heterocycles. The quantitative estimate of drug-likeness (QED) is 0.165. The minimum Gasteiger partial charge on any atom is -0.309 e. The van der Waals surface area contributed by atoms with Gasteiger partial charge >= 0.3 is 0 Å². The van der Waals surface area contributed by atoms with Crippen molar-refractivity contribution in [3.63, 3.8) is 0 Å². The SMILES string of the molecule is CC(C)(C)c1ccc2c(c1)c1cc(C(C)(C)C)ccc1n2-c1ccc(-n2c3ccc(C(C)(C)C)cc3c3cc(C(C)(C)C)ccc32)c(C(=O)c2ccccc2)c1. The highest BCUT2D eigenvalue weighted by Crippen LogP contribution is 2.41. The third-order valence-corrected chi connectivity index (χ3v) is 11.8. The number of carbonyl (C=O) groups excluding carboxylic acids is 1. The van der Waals surface area contributed by atoms with Crippen molar-refractivity contribution in [2.45, 2.75) is 105 Å². The molecule has 56 heavy (non-hydrogen) atoms. The van der Waals surface area contributed by atoms with Crippen LogP contribution in [-0.4, -0.2) is 14.9 Å². The number of rotatable bonds is 4. The fraction of sp³-hybridized carbons (Fsp3) is 0.302. The van der Waals surface area contributed by atoms with E-state index in [0.29, 0.717) is 11.1 Å². The zero-order valence-electron chi connectivity index (χ0n) is 35.3. The Bertz CT molecular complexity index is 2690. The van der Waals surface area contributed by atoms with E-state index in [9.17, 15) is 4.79 Å². The van der Waals surface area contributed by atoms with Crippen molar-refractivity contribution in [3.05, 3.63) is 155 Å². The van der Waals surface area contributed by atoms with Gasteiger partial charge < -0.3 is 9.13 Å². The first-order chi connectivity index (χ1) is 26.2. The van der Waals surface area contributed by atoms with Crippen molar-refractivity contribution in [1.82, 2.24) is 9.13 Å². The summed E-state index contributed by atoms with van der Waals surface area (Å²) in [5.41, 5.74) is 12.8. The van der Waals surface area contributed by atoms with E-state index < -0.39 is 0 Å². The Morgan fingerprint density at radius 2 is 0.750 bits per heavy atom. The number of hydrogen-bond acceptors (Lipinski definition) is 1. The average molecular weight is 737 g/mol. The van der Waals surface area contributed by atoms with Crippen LogP contribution in [-0.2, 0) is 21.7 Å². The van der Waals surface area contributed by atoms with Crippen molar-refractivity contribution in [2.75, 3.05) is 0 Å². The van der Waals surface area contributed by atoms with Gasteiger partial charge in [-0.05, 0) is 111 Å². The average Bonchev–Trinajstić information content (AvgIpc) is 3.64. The van der Waals surface area contributed by atoms with Crippen LogP contribution in [0.3, 0.4) is 0 Å². The molecule has 0 amide bonds. The molecule has 0 radical (unpaired) electrons. The molecule has 284 valence electrons. The molecule has 0 N–H and O–H groups in total. The zero-order chi connectivity index (χ0) is 40.1. The lowest BCUT2D eigenvalue weighted by atomic mass is 9.85. The van der Waals surface area contributed by atoms with E-state index in [2.05, 4.69) is 183 Å². The third-order valence-electron chi connectivity index (χ3n) is 11.8. The summed E-state index contributed by atoms with van der Waals surface area (Å²) in [6, 6.07) is 43.8. The largest absolute Gasteiger partial charge is 0.309 e. The highest BCUT2D eigenvalue weighted by Gasteiger charge is 2.26. The molecule has 0 atom stereocenters. The predicted octanol–water partition coefficient (Wildman–Crippen LogP) is 14.3. The lowest BCUT2D eigenvalue weighted by Gasteiger charge is -2.20. The highest BCUT2D eigenvalue weighted by molar-refractivity contribution is 6.15. The monoisotopic (exact) mass is 736 g/mol. The lowest BCUT2D eigenvalue weighted by molar-refractivity contribution is 0.103.